The van der Waals surface area contributed by atoms with Crippen LogP contribution in [0, 0.1) is 18.8 Å². The Bertz CT molecular complexity index is 895. The Hall–Kier alpha value is -3.22. The molecule has 0 fully saturated rings. The molecule has 7 heteroatoms. The normalized spacial score (nSPS) is 11.7. The fraction of sp³-hybridized carbons (Fsp3) is 0.440. The van der Waals surface area contributed by atoms with Crippen molar-refractivity contribution in [2.75, 3.05) is 28.6 Å². The lowest BCUT2D eigenvalue weighted by Gasteiger charge is -2.30. The highest BCUT2D eigenvalue weighted by molar-refractivity contribution is 6.02. The number of hydrazone groups is 1. The van der Waals surface area contributed by atoms with Crippen molar-refractivity contribution in [2.45, 2.75) is 47.5 Å². The smallest absolute Gasteiger partial charge is 0.323 e. The van der Waals surface area contributed by atoms with Crippen LogP contribution < -0.4 is 27.1 Å². The molecule has 2 rings (SSSR count). The van der Waals surface area contributed by atoms with Crippen molar-refractivity contribution >= 4 is 28.9 Å². The number of carbonyl (C=O) groups excluding carboxylic acids is 1. The van der Waals surface area contributed by atoms with E-state index in [-0.39, 0.29) is 6.03 Å². The van der Waals surface area contributed by atoms with E-state index in [0.717, 1.165) is 41.3 Å². The molecule has 2 amide bonds. The van der Waals surface area contributed by atoms with E-state index in [1.54, 1.807) is 0 Å². The number of nitrogens with one attached hydrogen (secondary N) is 2. The molecule has 0 aliphatic rings. The van der Waals surface area contributed by atoms with E-state index >= 15 is 0 Å². The third-order valence-electron chi connectivity index (χ3n) is 4.97. The van der Waals surface area contributed by atoms with Gasteiger partial charge < -0.3 is 27.1 Å². The minimum Gasteiger partial charge on any atom is -0.386 e. The topological polar surface area (TPSA) is 109 Å². The molecule has 0 aromatic heterocycles. The maximum absolute atomic E-state index is 12.8. The Morgan fingerprint density at radius 3 is 2.19 bits per heavy atom. The van der Waals surface area contributed by atoms with E-state index in [2.05, 4.69) is 60.5 Å². The van der Waals surface area contributed by atoms with Gasteiger partial charge in [-0.05, 0) is 55.0 Å². The van der Waals surface area contributed by atoms with Crippen LogP contribution in [-0.4, -0.2) is 25.0 Å². The lowest BCUT2D eigenvalue weighted by atomic mass is 10.0. The van der Waals surface area contributed by atoms with Gasteiger partial charge in [0.2, 0.25) is 0 Å². The van der Waals surface area contributed by atoms with Crippen LogP contribution in [-0.2, 0) is 6.42 Å². The molecule has 0 saturated carbocycles. The second kappa shape index (κ2) is 12.0. The van der Waals surface area contributed by atoms with Gasteiger partial charge in [-0.3, -0.25) is 0 Å². The number of amidine groups is 1. The first-order valence-electron chi connectivity index (χ1n) is 11.2. The molecular formula is C25H38N6O. The van der Waals surface area contributed by atoms with Crippen molar-refractivity contribution in [3.05, 3.63) is 53.6 Å². The number of nitrogens with two attached hydrogens (primary N) is 2. The van der Waals surface area contributed by atoms with E-state index in [1.807, 2.05) is 37.3 Å². The van der Waals surface area contributed by atoms with Gasteiger partial charge in [0.25, 0.3) is 0 Å². The lowest BCUT2D eigenvalue weighted by molar-refractivity contribution is 0.262. The Morgan fingerprint density at radius 2 is 1.62 bits per heavy atom. The predicted molar refractivity (Wildman–Crippen MR) is 136 cm³/mol. The lowest BCUT2D eigenvalue weighted by Crippen LogP contribution is -2.32. The molecule has 0 spiro atoms. The summed E-state index contributed by atoms with van der Waals surface area (Å²) < 4.78 is 0. The quantitative estimate of drug-likeness (QED) is 0.183. The molecule has 0 saturated heterocycles. The number of hydrogen-bond acceptors (Lipinski definition) is 4. The number of benzene rings is 2. The predicted octanol–water partition coefficient (Wildman–Crippen LogP) is 4.92. The minimum atomic E-state index is -0.274. The molecule has 0 atom stereocenters. The van der Waals surface area contributed by atoms with Gasteiger partial charge in [-0.25, -0.2) is 4.79 Å². The SMILES string of the molecule is Cc1ccc(NC(=O)Nc2cc(CC/C(N)=N/N)ccc2N(CC(C)C)CC(C)C)cc1. The van der Waals surface area contributed by atoms with Crippen LogP contribution in [0.15, 0.2) is 47.6 Å². The van der Waals surface area contributed by atoms with Crippen LogP contribution in [0.3, 0.4) is 0 Å². The number of urea groups is 1. The van der Waals surface area contributed by atoms with Crippen molar-refractivity contribution in [3.63, 3.8) is 0 Å². The number of nitrogens with zero attached hydrogens (tertiary/aromatic N) is 2. The number of anilines is 3. The van der Waals surface area contributed by atoms with Crippen LogP contribution in [0.2, 0.25) is 0 Å². The second-order valence-corrected chi connectivity index (χ2v) is 9.11. The van der Waals surface area contributed by atoms with Crippen LogP contribution in [0.5, 0.6) is 0 Å². The fourth-order valence-electron chi connectivity index (χ4n) is 3.53. The summed E-state index contributed by atoms with van der Waals surface area (Å²) in [5, 5.41) is 9.53. The van der Waals surface area contributed by atoms with Crippen molar-refractivity contribution in [2.24, 2.45) is 28.5 Å². The fourth-order valence-corrected chi connectivity index (χ4v) is 3.53. The highest BCUT2D eigenvalue weighted by Crippen LogP contribution is 2.30. The summed E-state index contributed by atoms with van der Waals surface area (Å²) in [7, 11) is 0. The molecule has 0 radical (unpaired) electrons. The third-order valence-corrected chi connectivity index (χ3v) is 4.97. The first-order valence-corrected chi connectivity index (χ1v) is 11.2. The summed E-state index contributed by atoms with van der Waals surface area (Å²) in [5.41, 5.74) is 10.5. The maximum Gasteiger partial charge on any atom is 0.323 e. The molecule has 7 nitrogen and oxygen atoms in total. The standard InChI is InChI=1S/C25H38N6O/c1-17(2)15-31(16-18(3)4)23-12-8-20(9-13-24(26)30-27)14-22(23)29-25(32)28-21-10-6-19(5)7-11-21/h6-8,10-12,14,17-18H,9,13,15-16,27H2,1-5H3,(H2,26,30)(H2,28,29,32). The first kappa shape index (κ1) is 25.0. The summed E-state index contributed by atoms with van der Waals surface area (Å²) in [5.74, 6) is 6.64. The number of amides is 2. The highest BCUT2D eigenvalue weighted by atomic mass is 16.2. The Kier molecular flexibility index (Phi) is 9.38. The largest absolute Gasteiger partial charge is 0.386 e. The molecule has 0 heterocycles. The molecular weight excluding hydrogens is 400 g/mol. The monoisotopic (exact) mass is 438 g/mol. The summed E-state index contributed by atoms with van der Waals surface area (Å²) in [6, 6.07) is 13.6. The second-order valence-electron chi connectivity index (χ2n) is 9.11. The van der Waals surface area contributed by atoms with Gasteiger partial charge in [-0.1, -0.05) is 51.5 Å². The number of aryl methyl sites for hydroxylation is 2. The molecule has 0 bridgehead atoms. The number of rotatable bonds is 10. The summed E-state index contributed by atoms with van der Waals surface area (Å²) in [6.45, 7) is 12.6. The molecule has 0 unspecified atom stereocenters. The third kappa shape index (κ3) is 8.13. The minimum absolute atomic E-state index is 0.274. The Labute approximate surface area is 192 Å². The zero-order valence-corrected chi connectivity index (χ0v) is 20.0. The van der Waals surface area contributed by atoms with Crippen LogP contribution in [0.4, 0.5) is 21.9 Å². The maximum atomic E-state index is 12.8. The molecule has 0 aliphatic carbocycles. The number of hydrogen-bond donors (Lipinski definition) is 4. The van der Waals surface area contributed by atoms with E-state index in [0.29, 0.717) is 30.5 Å². The van der Waals surface area contributed by atoms with E-state index in [1.165, 1.54) is 0 Å². The van der Waals surface area contributed by atoms with Gasteiger partial charge in [0.15, 0.2) is 0 Å². The van der Waals surface area contributed by atoms with Crippen LogP contribution in [0.1, 0.15) is 45.2 Å². The van der Waals surface area contributed by atoms with Gasteiger partial charge in [0, 0.05) is 25.2 Å². The average molecular weight is 439 g/mol. The van der Waals surface area contributed by atoms with Crippen LogP contribution in [0.25, 0.3) is 0 Å². The molecule has 0 aliphatic heterocycles. The summed E-state index contributed by atoms with van der Waals surface area (Å²) >= 11 is 0. The van der Waals surface area contributed by atoms with Gasteiger partial charge >= 0.3 is 6.03 Å². The summed E-state index contributed by atoms with van der Waals surface area (Å²) in [6.07, 6.45) is 1.25. The van der Waals surface area contributed by atoms with Gasteiger partial charge in [0.1, 0.15) is 5.84 Å². The van der Waals surface area contributed by atoms with Crippen molar-refractivity contribution in [3.8, 4) is 0 Å². The number of carbonyl (C=O) groups is 1. The van der Waals surface area contributed by atoms with Gasteiger partial charge in [-0.2, -0.15) is 5.10 Å². The molecule has 174 valence electrons. The van der Waals surface area contributed by atoms with Crippen molar-refractivity contribution < 1.29 is 4.79 Å². The Morgan fingerprint density at radius 1 is 1.00 bits per heavy atom. The summed E-state index contributed by atoms with van der Waals surface area (Å²) in [4.78, 5) is 15.2. The molecule has 6 N–H and O–H groups in total. The van der Waals surface area contributed by atoms with Crippen LogP contribution >= 0.6 is 0 Å². The molecule has 2 aromatic rings. The van der Waals surface area contributed by atoms with E-state index in [9.17, 15) is 4.79 Å². The zero-order chi connectivity index (χ0) is 23.7. The Balaban J connectivity index is 2.32. The van der Waals surface area contributed by atoms with E-state index < -0.39 is 0 Å². The van der Waals surface area contributed by atoms with Crippen molar-refractivity contribution in [1.82, 2.24) is 0 Å². The van der Waals surface area contributed by atoms with Crippen molar-refractivity contribution in [1.29, 1.82) is 0 Å². The average Bonchev–Trinajstić information content (AvgIpc) is 2.72. The zero-order valence-electron chi connectivity index (χ0n) is 20.0. The molecule has 2 aromatic carbocycles. The first-order chi connectivity index (χ1) is 15.2. The highest BCUT2D eigenvalue weighted by Gasteiger charge is 2.17. The van der Waals surface area contributed by atoms with Gasteiger partial charge in [0.05, 0.1) is 11.4 Å². The molecule has 32 heavy (non-hydrogen) atoms. The van der Waals surface area contributed by atoms with E-state index in [4.69, 9.17) is 11.6 Å². The van der Waals surface area contributed by atoms with Gasteiger partial charge in [-0.15, -0.1) is 0 Å².